The van der Waals surface area contributed by atoms with Crippen molar-refractivity contribution in [3.05, 3.63) is 56.8 Å². The average Bonchev–Trinajstić information content (AvgIpc) is 2.90. The molecule has 0 radical (unpaired) electrons. The topological polar surface area (TPSA) is 48.7 Å². The number of nitriles is 1. The maximum atomic E-state index is 9.24. The summed E-state index contributed by atoms with van der Waals surface area (Å²) in [6, 6.07) is 12.1. The predicted molar refractivity (Wildman–Crippen MR) is 85.8 cm³/mol. The number of fused-ring (bicyclic) bond motifs is 1. The van der Waals surface area contributed by atoms with E-state index < -0.39 is 0 Å². The van der Waals surface area contributed by atoms with Gasteiger partial charge in [0.05, 0.1) is 16.8 Å². The van der Waals surface area contributed by atoms with Gasteiger partial charge in [-0.2, -0.15) is 5.26 Å². The second kappa shape index (κ2) is 5.61. The molecule has 20 heavy (non-hydrogen) atoms. The molecule has 0 saturated heterocycles. The third-order valence-corrected chi connectivity index (χ3v) is 4.65. The zero-order valence-corrected chi connectivity index (χ0v) is 12.8. The van der Waals surface area contributed by atoms with E-state index in [9.17, 15) is 5.26 Å². The van der Waals surface area contributed by atoms with Gasteiger partial charge < -0.3 is 5.32 Å². The predicted octanol–water partition coefficient (Wildman–Crippen LogP) is 4.54. The lowest BCUT2D eigenvalue weighted by Crippen LogP contribution is -2.01. The number of anilines is 1. The molecular formula is C15H10BrN3S. The Hall–Kier alpha value is -1.90. The fourth-order valence-corrected chi connectivity index (χ4v) is 3.43. The van der Waals surface area contributed by atoms with Crippen LogP contribution in [0.3, 0.4) is 0 Å². The van der Waals surface area contributed by atoms with Crippen molar-refractivity contribution in [2.75, 3.05) is 5.32 Å². The summed E-state index contributed by atoms with van der Waals surface area (Å²) in [5.41, 5.74) is 2.31. The van der Waals surface area contributed by atoms with Crippen molar-refractivity contribution in [2.45, 2.75) is 6.54 Å². The highest BCUT2D eigenvalue weighted by Gasteiger charge is 2.08. The Bertz CT molecular complexity index is 804. The van der Waals surface area contributed by atoms with Crippen LogP contribution in [-0.2, 0) is 6.54 Å². The number of hydrogen-bond acceptors (Lipinski definition) is 4. The average molecular weight is 344 g/mol. The van der Waals surface area contributed by atoms with Gasteiger partial charge in [0.2, 0.25) is 0 Å². The second-order valence-corrected chi connectivity index (χ2v) is 6.17. The fourth-order valence-electron chi connectivity index (χ4n) is 2.04. The number of nitrogens with one attached hydrogen (secondary N) is 1. The Labute approximate surface area is 129 Å². The number of thiophene rings is 1. The molecule has 1 N–H and O–H groups in total. The van der Waals surface area contributed by atoms with Crippen molar-refractivity contribution in [3.63, 3.8) is 0 Å². The minimum absolute atomic E-state index is 0.569. The Morgan fingerprint density at radius 3 is 2.95 bits per heavy atom. The number of para-hydroxylation sites is 1. The van der Waals surface area contributed by atoms with Gasteiger partial charge >= 0.3 is 0 Å². The molecule has 2 aromatic heterocycles. The molecule has 0 amide bonds. The van der Waals surface area contributed by atoms with E-state index >= 15 is 0 Å². The van der Waals surface area contributed by atoms with Gasteiger partial charge in [0.1, 0.15) is 6.07 Å². The summed E-state index contributed by atoms with van der Waals surface area (Å²) in [6.45, 7) is 0.693. The van der Waals surface area contributed by atoms with Crippen LogP contribution >= 0.6 is 27.3 Å². The minimum atomic E-state index is 0.569. The number of aromatic nitrogens is 1. The first-order valence-electron chi connectivity index (χ1n) is 6.02. The van der Waals surface area contributed by atoms with Gasteiger partial charge in [0.15, 0.2) is 0 Å². The molecule has 5 heteroatoms. The Morgan fingerprint density at radius 1 is 1.35 bits per heavy atom. The van der Waals surface area contributed by atoms with E-state index in [1.165, 1.54) is 4.88 Å². The summed E-state index contributed by atoms with van der Waals surface area (Å²) < 4.78 is 1.08. The highest BCUT2D eigenvalue weighted by molar-refractivity contribution is 9.10. The van der Waals surface area contributed by atoms with E-state index in [1.807, 2.05) is 29.6 Å². The molecule has 0 aliphatic rings. The number of halogens is 1. The molecule has 98 valence electrons. The first kappa shape index (κ1) is 13.1. The summed E-state index contributed by atoms with van der Waals surface area (Å²) >= 11 is 5.13. The van der Waals surface area contributed by atoms with Crippen LogP contribution in [0, 0.1) is 11.3 Å². The lowest BCUT2D eigenvalue weighted by molar-refractivity contribution is 1.19. The Morgan fingerprint density at radius 2 is 2.20 bits per heavy atom. The SMILES string of the molecule is N#Cc1cnc2ccccc2c1NCc1cc(Br)cs1. The zero-order valence-electron chi connectivity index (χ0n) is 10.4. The number of nitrogens with zero attached hydrogens (tertiary/aromatic N) is 2. The minimum Gasteiger partial charge on any atom is -0.378 e. The van der Waals surface area contributed by atoms with Crippen LogP contribution in [0.15, 0.2) is 46.4 Å². The summed E-state index contributed by atoms with van der Waals surface area (Å²) in [6.07, 6.45) is 1.62. The molecule has 3 aromatic rings. The maximum Gasteiger partial charge on any atom is 0.103 e. The van der Waals surface area contributed by atoms with Gasteiger partial charge in [-0.3, -0.25) is 4.98 Å². The van der Waals surface area contributed by atoms with Crippen LogP contribution in [-0.4, -0.2) is 4.98 Å². The van der Waals surface area contributed by atoms with Gasteiger partial charge in [0.25, 0.3) is 0 Å². The van der Waals surface area contributed by atoms with Crippen LogP contribution in [0.25, 0.3) is 10.9 Å². The number of benzene rings is 1. The van der Waals surface area contributed by atoms with Crippen LogP contribution in [0.5, 0.6) is 0 Å². The van der Waals surface area contributed by atoms with Gasteiger partial charge in [-0.05, 0) is 28.1 Å². The van der Waals surface area contributed by atoms with Crippen LogP contribution in [0.2, 0.25) is 0 Å². The molecule has 0 unspecified atom stereocenters. The van der Waals surface area contributed by atoms with E-state index in [4.69, 9.17) is 0 Å². The lowest BCUT2D eigenvalue weighted by atomic mass is 10.1. The van der Waals surface area contributed by atoms with Crippen LogP contribution in [0.1, 0.15) is 10.4 Å². The molecule has 3 rings (SSSR count). The number of hydrogen-bond donors (Lipinski definition) is 1. The molecule has 0 saturated carbocycles. The van der Waals surface area contributed by atoms with Crippen molar-refractivity contribution in [3.8, 4) is 6.07 Å². The first-order valence-corrected chi connectivity index (χ1v) is 7.70. The molecule has 0 atom stereocenters. The smallest absolute Gasteiger partial charge is 0.103 e. The van der Waals surface area contributed by atoms with Crippen molar-refractivity contribution < 1.29 is 0 Å². The quantitative estimate of drug-likeness (QED) is 0.759. The lowest BCUT2D eigenvalue weighted by Gasteiger charge is -2.10. The molecule has 0 aliphatic heterocycles. The molecule has 0 aliphatic carbocycles. The highest BCUT2D eigenvalue weighted by atomic mass is 79.9. The van der Waals surface area contributed by atoms with E-state index in [0.717, 1.165) is 21.1 Å². The van der Waals surface area contributed by atoms with Gasteiger partial charge in [0, 0.05) is 32.9 Å². The van der Waals surface area contributed by atoms with Crippen molar-refractivity contribution in [1.82, 2.24) is 4.98 Å². The van der Waals surface area contributed by atoms with Crippen molar-refractivity contribution >= 4 is 43.9 Å². The van der Waals surface area contributed by atoms with Gasteiger partial charge in [-0.1, -0.05) is 18.2 Å². The van der Waals surface area contributed by atoms with Gasteiger partial charge in [-0.15, -0.1) is 11.3 Å². The Balaban J connectivity index is 1.98. The first-order chi connectivity index (χ1) is 9.78. The molecule has 0 bridgehead atoms. The third-order valence-electron chi connectivity index (χ3n) is 2.96. The van der Waals surface area contributed by atoms with E-state index in [2.05, 4.69) is 38.4 Å². The molecule has 3 nitrogen and oxygen atoms in total. The van der Waals surface area contributed by atoms with E-state index in [0.29, 0.717) is 12.1 Å². The molecular weight excluding hydrogens is 334 g/mol. The van der Waals surface area contributed by atoms with E-state index in [1.54, 1.807) is 17.5 Å². The molecule has 0 spiro atoms. The second-order valence-electron chi connectivity index (χ2n) is 4.26. The zero-order chi connectivity index (χ0) is 13.9. The van der Waals surface area contributed by atoms with Crippen molar-refractivity contribution in [1.29, 1.82) is 5.26 Å². The number of rotatable bonds is 3. The summed E-state index contributed by atoms with van der Waals surface area (Å²) in [5, 5.41) is 15.6. The third kappa shape index (κ3) is 2.53. The molecule has 0 fully saturated rings. The standard InChI is InChI=1S/C15H10BrN3S/c16-11-5-12(20-9-11)8-19-15-10(6-17)7-18-14-4-2-1-3-13(14)15/h1-5,7,9H,8H2,(H,18,19). The molecule has 1 aromatic carbocycles. The largest absolute Gasteiger partial charge is 0.378 e. The number of pyridine rings is 1. The normalized spacial score (nSPS) is 10.4. The fraction of sp³-hybridized carbons (Fsp3) is 0.0667. The summed E-state index contributed by atoms with van der Waals surface area (Å²) in [7, 11) is 0. The van der Waals surface area contributed by atoms with E-state index in [-0.39, 0.29) is 0 Å². The van der Waals surface area contributed by atoms with Crippen LogP contribution in [0.4, 0.5) is 5.69 Å². The Kier molecular flexibility index (Phi) is 3.68. The van der Waals surface area contributed by atoms with Crippen molar-refractivity contribution in [2.24, 2.45) is 0 Å². The summed E-state index contributed by atoms with van der Waals surface area (Å²) in [5.74, 6) is 0. The summed E-state index contributed by atoms with van der Waals surface area (Å²) in [4.78, 5) is 5.51. The molecule has 2 heterocycles. The van der Waals surface area contributed by atoms with Crippen LogP contribution < -0.4 is 5.32 Å². The monoisotopic (exact) mass is 343 g/mol. The highest BCUT2D eigenvalue weighted by Crippen LogP contribution is 2.27. The van der Waals surface area contributed by atoms with Gasteiger partial charge in [-0.25, -0.2) is 0 Å². The maximum absolute atomic E-state index is 9.24.